The first-order chi connectivity index (χ1) is 12.0. The van der Waals surface area contributed by atoms with Crippen molar-refractivity contribution in [3.63, 3.8) is 0 Å². The Morgan fingerprint density at radius 2 is 1.76 bits per heavy atom. The van der Waals surface area contributed by atoms with Crippen LogP contribution in [-0.4, -0.2) is 43.9 Å². The van der Waals surface area contributed by atoms with Gasteiger partial charge in [-0.25, -0.2) is 0 Å². The molecule has 0 unspecified atom stereocenters. The Hall–Kier alpha value is -1.81. The largest absolute Gasteiger partial charge is 0.368 e. The van der Waals surface area contributed by atoms with Gasteiger partial charge in [0.05, 0.1) is 0 Å². The van der Waals surface area contributed by atoms with E-state index in [9.17, 15) is 4.79 Å². The molecule has 2 aromatic rings. The Bertz CT molecular complexity index is 796. The summed E-state index contributed by atoms with van der Waals surface area (Å²) in [5, 5.41) is 1.11. The van der Waals surface area contributed by atoms with Crippen LogP contribution in [0, 0.1) is 0 Å². The molecule has 5 heteroatoms. The first kappa shape index (κ1) is 18.0. The lowest BCUT2D eigenvalue weighted by Crippen LogP contribution is -2.44. The van der Waals surface area contributed by atoms with E-state index >= 15 is 0 Å². The van der Waals surface area contributed by atoms with Gasteiger partial charge in [0.2, 0.25) is 0 Å². The quantitative estimate of drug-likeness (QED) is 0.575. The highest BCUT2D eigenvalue weighted by Gasteiger charge is 2.18. The van der Waals surface area contributed by atoms with Crippen LogP contribution in [0.1, 0.15) is 15.9 Å². The molecule has 1 saturated heterocycles. The van der Waals surface area contributed by atoms with Crippen molar-refractivity contribution in [2.75, 3.05) is 38.1 Å². The molecule has 25 heavy (non-hydrogen) atoms. The third-order valence-electron chi connectivity index (χ3n) is 4.39. The monoisotopic (exact) mass is 374 g/mol. The summed E-state index contributed by atoms with van der Waals surface area (Å²) in [6.45, 7) is 3.85. The lowest BCUT2D eigenvalue weighted by molar-refractivity contribution is 0.104. The second kappa shape index (κ2) is 8.05. The fourth-order valence-corrected chi connectivity index (χ4v) is 3.37. The number of anilines is 1. The van der Waals surface area contributed by atoms with Crippen molar-refractivity contribution in [1.29, 1.82) is 0 Å². The zero-order chi connectivity index (χ0) is 17.8. The molecule has 1 heterocycles. The number of benzene rings is 2. The second-order valence-electron chi connectivity index (χ2n) is 6.17. The molecule has 1 aliphatic heterocycles. The maximum Gasteiger partial charge on any atom is 0.187 e. The number of para-hydroxylation sites is 1. The number of likely N-dealkylation sites (N-methyl/N-ethyl adjacent to an activating group) is 1. The molecule has 130 valence electrons. The summed E-state index contributed by atoms with van der Waals surface area (Å²) >= 11 is 12.1. The van der Waals surface area contributed by atoms with Gasteiger partial charge in [-0.2, -0.15) is 0 Å². The average Bonchev–Trinajstić information content (AvgIpc) is 2.61. The van der Waals surface area contributed by atoms with E-state index in [0.29, 0.717) is 15.6 Å². The summed E-state index contributed by atoms with van der Waals surface area (Å²) in [7, 11) is 2.12. The van der Waals surface area contributed by atoms with Crippen LogP contribution in [0.15, 0.2) is 48.5 Å². The van der Waals surface area contributed by atoms with Crippen molar-refractivity contribution in [2.45, 2.75) is 0 Å². The van der Waals surface area contributed by atoms with Crippen LogP contribution in [0.2, 0.25) is 10.0 Å². The normalized spacial score (nSPS) is 15.7. The predicted octanol–water partition coefficient (Wildman–Crippen LogP) is 4.64. The van der Waals surface area contributed by atoms with Gasteiger partial charge in [0.25, 0.3) is 0 Å². The maximum atomic E-state index is 12.7. The number of ketones is 1. The van der Waals surface area contributed by atoms with Gasteiger partial charge in [-0.05, 0) is 49.0 Å². The van der Waals surface area contributed by atoms with Crippen LogP contribution in [0.3, 0.4) is 0 Å². The van der Waals surface area contributed by atoms with Gasteiger partial charge in [0.1, 0.15) is 0 Å². The molecule has 0 amide bonds. The SMILES string of the molecule is CN1CCN(c2ccccc2C(=O)/C=C/c2ccc(Cl)cc2Cl)CC1. The molecule has 1 aliphatic rings. The molecule has 0 aliphatic carbocycles. The highest BCUT2D eigenvalue weighted by atomic mass is 35.5. The Balaban J connectivity index is 1.81. The Labute approximate surface area is 158 Å². The molecule has 0 saturated carbocycles. The Morgan fingerprint density at radius 1 is 1.04 bits per heavy atom. The van der Waals surface area contributed by atoms with E-state index in [1.165, 1.54) is 0 Å². The highest BCUT2D eigenvalue weighted by molar-refractivity contribution is 6.35. The average molecular weight is 375 g/mol. The Kier molecular flexibility index (Phi) is 5.79. The van der Waals surface area contributed by atoms with Crippen LogP contribution >= 0.6 is 23.2 Å². The van der Waals surface area contributed by atoms with Gasteiger partial charge in [-0.3, -0.25) is 4.79 Å². The summed E-state index contributed by atoms with van der Waals surface area (Å²) in [6.07, 6.45) is 3.31. The van der Waals surface area contributed by atoms with Gasteiger partial charge in [-0.1, -0.05) is 41.4 Å². The van der Waals surface area contributed by atoms with Crippen LogP contribution in [0.4, 0.5) is 5.69 Å². The van der Waals surface area contributed by atoms with E-state index in [4.69, 9.17) is 23.2 Å². The molecule has 0 radical (unpaired) electrons. The van der Waals surface area contributed by atoms with Crippen molar-refractivity contribution in [1.82, 2.24) is 4.90 Å². The zero-order valence-electron chi connectivity index (χ0n) is 14.1. The van der Waals surface area contributed by atoms with Crippen molar-refractivity contribution in [2.24, 2.45) is 0 Å². The maximum absolute atomic E-state index is 12.7. The summed E-state index contributed by atoms with van der Waals surface area (Å²) in [6, 6.07) is 13.0. The summed E-state index contributed by atoms with van der Waals surface area (Å²) in [4.78, 5) is 17.3. The van der Waals surface area contributed by atoms with Gasteiger partial charge in [-0.15, -0.1) is 0 Å². The number of carbonyl (C=O) groups is 1. The molecule has 1 fully saturated rings. The standard InChI is InChI=1S/C20H20Cl2N2O/c1-23-10-12-24(13-11-23)19-5-3-2-4-17(19)20(25)9-7-15-6-8-16(21)14-18(15)22/h2-9,14H,10-13H2,1H3/b9-7+. The van der Waals surface area contributed by atoms with Crippen LogP contribution in [0.25, 0.3) is 6.08 Å². The molecule has 0 bridgehead atoms. The van der Waals surface area contributed by atoms with E-state index in [1.54, 1.807) is 30.4 Å². The van der Waals surface area contributed by atoms with Crippen molar-refractivity contribution >= 4 is 40.7 Å². The molecule has 2 aromatic carbocycles. The highest BCUT2D eigenvalue weighted by Crippen LogP contribution is 2.25. The fourth-order valence-electron chi connectivity index (χ4n) is 2.90. The summed E-state index contributed by atoms with van der Waals surface area (Å²) < 4.78 is 0. The van der Waals surface area contributed by atoms with Crippen molar-refractivity contribution in [3.05, 3.63) is 69.7 Å². The van der Waals surface area contributed by atoms with Gasteiger partial charge in [0, 0.05) is 47.5 Å². The van der Waals surface area contributed by atoms with E-state index in [2.05, 4.69) is 16.8 Å². The number of hydrogen-bond donors (Lipinski definition) is 0. The van der Waals surface area contributed by atoms with Crippen LogP contribution < -0.4 is 4.90 Å². The number of allylic oxidation sites excluding steroid dienone is 1. The lowest BCUT2D eigenvalue weighted by atomic mass is 10.1. The zero-order valence-corrected chi connectivity index (χ0v) is 15.6. The fraction of sp³-hybridized carbons (Fsp3) is 0.250. The van der Waals surface area contributed by atoms with Crippen molar-refractivity contribution < 1.29 is 4.79 Å². The first-order valence-corrected chi connectivity index (χ1v) is 9.00. The van der Waals surface area contributed by atoms with E-state index < -0.39 is 0 Å². The Morgan fingerprint density at radius 3 is 2.48 bits per heavy atom. The van der Waals surface area contributed by atoms with Crippen molar-refractivity contribution in [3.8, 4) is 0 Å². The number of hydrogen-bond acceptors (Lipinski definition) is 3. The number of piperazine rings is 1. The number of rotatable bonds is 4. The van der Waals surface area contributed by atoms with E-state index in [1.807, 2.05) is 24.3 Å². The van der Waals surface area contributed by atoms with Gasteiger partial charge >= 0.3 is 0 Å². The molecule has 3 nitrogen and oxygen atoms in total. The first-order valence-electron chi connectivity index (χ1n) is 8.24. The van der Waals surface area contributed by atoms with E-state index in [0.717, 1.165) is 37.4 Å². The molecule has 3 rings (SSSR count). The summed E-state index contributed by atoms with van der Waals surface area (Å²) in [5.74, 6) is -0.0273. The second-order valence-corrected chi connectivity index (χ2v) is 7.01. The lowest BCUT2D eigenvalue weighted by Gasteiger charge is -2.34. The predicted molar refractivity (Wildman–Crippen MR) is 106 cm³/mol. The molecule has 0 atom stereocenters. The minimum Gasteiger partial charge on any atom is -0.368 e. The third-order valence-corrected chi connectivity index (χ3v) is 4.95. The molecule has 0 spiro atoms. The van der Waals surface area contributed by atoms with E-state index in [-0.39, 0.29) is 5.78 Å². The van der Waals surface area contributed by atoms with Gasteiger partial charge in [0.15, 0.2) is 5.78 Å². The molecule has 0 aromatic heterocycles. The van der Waals surface area contributed by atoms with Gasteiger partial charge < -0.3 is 9.80 Å². The number of halogens is 2. The topological polar surface area (TPSA) is 23.6 Å². The summed E-state index contributed by atoms with van der Waals surface area (Å²) in [5.41, 5.74) is 2.48. The molecule has 0 N–H and O–H groups in total. The van der Waals surface area contributed by atoms with Crippen LogP contribution in [0.5, 0.6) is 0 Å². The smallest absolute Gasteiger partial charge is 0.187 e. The number of carbonyl (C=O) groups excluding carboxylic acids is 1. The minimum atomic E-state index is -0.0273. The molecular formula is C20H20Cl2N2O. The van der Waals surface area contributed by atoms with Crippen LogP contribution in [-0.2, 0) is 0 Å². The minimum absolute atomic E-state index is 0.0273. The molecular weight excluding hydrogens is 355 g/mol. The number of nitrogens with zero attached hydrogens (tertiary/aromatic N) is 2. The third kappa shape index (κ3) is 4.43.